The van der Waals surface area contributed by atoms with Gasteiger partial charge in [-0.15, -0.1) is 0 Å². The van der Waals surface area contributed by atoms with E-state index >= 15 is 0 Å². The van der Waals surface area contributed by atoms with Gasteiger partial charge in [-0.25, -0.2) is 0 Å². The average Bonchev–Trinajstić information content (AvgIpc) is 3.29. The Bertz CT molecular complexity index is 965. The molecular formula is C24H29N3O4. The second-order valence-corrected chi connectivity index (χ2v) is 7.62. The maximum atomic E-state index is 10.6. The highest BCUT2D eigenvalue weighted by Gasteiger charge is 2.17. The van der Waals surface area contributed by atoms with Crippen molar-refractivity contribution in [2.75, 3.05) is 46.4 Å². The Morgan fingerprint density at radius 3 is 2.55 bits per heavy atom. The molecule has 0 radical (unpaired) electrons. The number of hydrogen-bond acceptors (Lipinski definition) is 7. The zero-order valence-corrected chi connectivity index (χ0v) is 17.8. The number of rotatable bonds is 9. The lowest BCUT2D eigenvalue weighted by atomic mass is 10.0. The van der Waals surface area contributed by atoms with Crippen LogP contribution in [0.15, 0.2) is 53.2 Å². The van der Waals surface area contributed by atoms with Gasteiger partial charge in [0.1, 0.15) is 17.2 Å². The van der Waals surface area contributed by atoms with Crippen molar-refractivity contribution in [1.82, 2.24) is 15.4 Å². The first-order valence-corrected chi connectivity index (χ1v) is 10.7. The van der Waals surface area contributed by atoms with Gasteiger partial charge >= 0.3 is 0 Å². The summed E-state index contributed by atoms with van der Waals surface area (Å²) in [6.45, 7) is 6.13. The van der Waals surface area contributed by atoms with Gasteiger partial charge in [-0.3, -0.25) is 0 Å². The van der Waals surface area contributed by atoms with Crippen LogP contribution < -0.4 is 14.8 Å². The lowest BCUT2D eigenvalue weighted by Gasteiger charge is -2.26. The molecule has 0 amide bonds. The SMILES string of the molecule is COc1ccc(-c2cnoc2-c2ccc(OCCCCN3CCNCC3)cc2O)cc1. The predicted octanol–water partition coefficient (Wildman–Crippen LogP) is 3.79. The van der Waals surface area contributed by atoms with Gasteiger partial charge in [0.05, 0.1) is 25.5 Å². The van der Waals surface area contributed by atoms with Crippen molar-refractivity contribution < 1.29 is 19.1 Å². The minimum atomic E-state index is 0.102. The van der Waals surface area contributed by atoms with Crippen LogP contribution in [0.25, 0.3) is 22.5 Å². The van der Waals surface area contributed by atoms with Crippen LogP contribution in [0.5, 0.6) is 17.2 Å². The number of hydrogen-bond donors (Lipinski definition) is 2. The number of aromatic hydroxyl groups is 1. The largest absolute Gasteiger partial charge is 0.507 e. The minimum Gasteiger partial charge on any atom is -0.507 e. The number of benzene rings is 2. The minimum absolute atomic E-state index is 0.102. The van der Waals surface area contributed by atoms with E-state index in [1.807, 2.05) is 30.3 Å². The number of aromatic nitrogens is 1. The Kier molecular flexibility index (Phi) is 7.07. The molecule has 0 atom stereocenters. The second-order valence-electron chi connectivity index (χ2n) is 7.62. The molecule has 4 rings (SSSR count). The fraction of sp³-hybridized carbons (Fsp3) is 0.375. The molecular weight excluding hydrogens is 394 g/mol. The van der Waals surface area contributed by atoms with Gasteiger partial charge in [-0.2, -0.15) is 0 Å². The summed E-state index contributed by atoms with van der Waals surface area (Å²) < 4.78 is 16.5. The summed E-state index contributed by atoms with van der Waals surface area (Å²) in [5, 5.41) is 17.9. The van der Waals surface area contributed by atoms with Gasteiger partial charge in [0.25, 0.3) is 0 Å². The number of nitrogens with zero attached hydrogens (tertiary/aromatic N) is 2. The standard InChI is InChI=1S/C24H29N3O4/c1-29-19-6-4-18(5-7-19)22-17-26-31-24(22)21-9-8-20(16-23(21)28)30-15-3-2-12-27-13-10-25-11-14-27/h4-9,16-17,25,28H,2-3,10-15H2,1H3. The van der Waals surface area contributed by atoms with E-state index in [0.29, 0.717) is 23.7 Å². The molecule has 2 aromatic carbocycles. The lowest BCUT2D eigenvalue weighted by molar-refractivity contribution is 0.226. The molecule has 1 aromatic heterocycles. The van der Waals surface area contributed by atoms with E-state index in [1.165, 1.54) is 0 Å². The fourth-order valence-corrected chi connectivity index (χ4v) is 3.77. The highest BCUT2D eigenvalue weighted by Crippen LogP contribution is 2.38. The molecule has 0 bridgehead atoms. The third-order valence-corrected chi connectivity index (χ3v) is 5.53. The summed E-state index contributed by atoms with van der Waals surface area (Å²) in [7, 11) is 1.63. The van der Waals surface area contributed by atoms with E-state index in [1.54, 1.807) is 25.4 Å². The van der Waals surface area contributed by atoms with Crippen molar-refractivity contribution >= 4 is 0 Å². The van der Waals surface area contributed by atoms with Gasteiger partial charge in [0.2, 0.25) is 0 Å². The number of unbranched alkanes of at least 4 members (excludes halogenated alkanes) is 1. The van der Waals surface area contributed by atoms with Crippen LogP contribution in [0.2, 0.25) is 0 Å². The predicted molar refractivity (Wildman–Crippen MR) is 120 cm³/mol. The Labute approximate surface area is 182 Å². The maximum absolute atomic E-state index is 10.6. The van der Waals surface area contributed by atoms with E-state index in [9.17, 15) is 5.11 Å². The van der Waals surface area contributed by atoms with Crippen LogP contribution in [-0.4, -0.2) is 61.6 Å². The molecule has 2 heterocycles. The normalized spacial score (nSPS) is 14.5. The number of nitrogens with one attached hydrogen (secondary N) is 1. The zero-order chi connectivity index (χ0) is 21.5. The second kappa shape index (κ2) is 10.3. The molecule has 1 aliphatic heterocycles. The summed E-state index contributed by atoms with van der Waals surface area (Å²) in [5.41, 5.74) is 2.31. The van der Waals surface area contributed by atoms with Gasteiger partial charge in [-0.1, -0.05) is 17.3 Å². The molecule has 7 nitrogen and oxygen atoms in total. The molecule has 164 valence electrons. The van der Waals surface area contributed by atoms with Crippen molar-refractivity contribution in [2.45, 2.75) is 12.8 Å². The van der Waals surface area contributed by atoms with Gasteiger partial charge in [0.15, 0.2) is 5.76 Å². The maximum Gasteiger partial charge on any atom is 0.178 e. The van der Waals surface area contributed by atoms with Crippen molar-refractivity contribution in [2.24, 2.45) is 0 Å². The topological polar surface area (TPSA) is 80.0 Å². The highest BCUT2D eigenvalue weighted by atomic mass is 16.5. The lowest BCUT2D eigenvalue weighted by Crippen LogP contribution is -2.43. The number of ether oxygens (including phenoxy) is 2. The first-order valence-electron chi connectivity index (χ1n) is 10.7. The molecule has 0 unspecified atom stereocenters. The van der Waals surface area contributed by atoms with Crippen LogP contribution in [-0.2, 0) is 0 Å². The van der Waals surface area contributed by atoms with Crippen molar-refractivity contribution in [3.63, 3.8) is 0 Å². The number of piperazine rings is 1. The van der Waals surface area contributed by atoms with Gasteiger partial charge < -0.3 is 29.3 Å². The van der Waals surface area contributed by atoms with E-state index in [4.69, 9.17) is 14.0 Å². The smallest absolute Gasteiger partial charge is 0.178 e. The first-order chi connectivity index (χ1) is 15.2. The molecule has 2 N–H and O–H groups in total. The van der Waals surface area contributed by atoms with Crippen LogP contribution in [0, 0.1) is 0 Å². The fourth-order valence-electron chi connectivity index (χ4n) is 3.77. The summed E-state index contributed by atoms with van der Waals surface area (Å²) >= 11 is 0. The van der Waals surface area contributed by atoms with Crippen LogP contribution in [0.3, 0.4) is 0 Å². The number of methoxy groups -OCH3 is 1. The highest BCUT2D eigenvalue weighted by molar-refractivity contribution is 5.82. The zero-order valence-electron chi connectivity index (χ0n) is 17.8. The molecule has 0 spiro atoms. The van der Waals surface area contributed by atoms with Crippen molar-refractivity contribution in [3.05, 3.63) is 48.7 Å². The van der Waals surface area contributed by atoms with Crippen molar-refractivity contribution in [3.8, 4) is 39.7 Å². The monoisotopic (exact) mass is 423 g/mol. The molecule has 1 saturated heterocycles. The Morgan fingerprint density at radius 1 is 1.03 bits per heavy atom. The Balaban J connectivity index is 1.35. The summed E-state index contributed by atoms with van der Waals surface area (Å²) in [4.78, 5) is 2.48. The Hall–Kier alpha value is -3.03. The van der Waals surface area contributed by atoms with Gasteiger partial charge in [0, 0.05) is 37.8 Å². The average molecular weight is 424 g/mol. The molecule has 7 heteroatoms. The van der Waals surface area contributed by atoms with Crippen LogP contribution in [0.1, 0.15) is 12.8 Å². The summed E-state index contributed by atoms with van der Waals surface area (Å²) in [6, 6.07) is 12.9. The molecule has 31 heavy (non-hydrogen) atoms. The van der Waals surface area contributed by atoms with E-state index in [-0.39, 0.29) is 5.75 Å². The number of phenolic OH excluding ortho intramolecular Hbond substituents is 1. The van der Waals surface area contributed by atoms with E-state index in [2.05, 4.69) is 15.4 Å². The molecule has 0 aliphatic carbocycles. The molecule has 1 aliphatic rings. The van der Waals surface area contributed by atoms with E-state index in [0.717, 1.165) is 62.4 Å². The summed E-state index contributed by atoms with van der Waals surface area (Å²) in [6.07, 6.45) is 3.74. The third kappa shape index (κ3) is 5.37. The quantitative estimate of drug-likeness (QED) is 0.507. The molecule has 3 aromatic rings. The van der Waals surface area contributed by atoms with Gasteiger partial charge in [-0.05, 0) is 49.2 Å². The summed E-state index contributed by atoms with van der Waals surface area (Å²) in [5.74, 6) is 2.04. The first kappa shape index (κ1) is 21.2. The third-order valence-electron chi connectivity index (χ3n) is 5.53. The number of phenols is 1. The van der Waals surface area contributed by atoms with Crippen LogP contribution in [0.4, 0.5) is 0 Å². The van der Waals surface area contributed by atoms with E-state index < -0.39 is 0 Å². The molecule has 1 fully saturated rings. The Morgan fingerprint density at radius 2 is 1.81 bits per heavy atom. The van der Waals surface area contributed by atoms with Crippen LogP contribution >= 0.6 is 0 Å². The molecule has 0 saturated carbocycles. The van der Waals surface area contributed by atoms with Crippen molar-refractivity contribution in [1.29, 1.82) is 0 Å².